The summed E-state index contributed by atoms with van der Waals surface area (Å²) in [6.07, 6.45) is 0. The summed E-state index contributed by atoms with van der Waals surface area (Å²) < 4.78 is 0. The molecule has 3 nitrogen and oxygen atoms in total. The van der Waals surface area contributed by atoms with Gasteiger partial charge in [0, 0.05) is 12.4 Å². The van der Waals surface area contributed by atoms with Crippen LogP contribution in [0.2, 0.25) is 0 Å². The lowest BCUT2D eigenvalue weighted by Crippen LogP contribution is -2.33. The first-order chi connectivity index (χ1) is 11.6. The van der Waals surface area contributed by atoms with Gasteiger partial charge < -0.3 is 10.6 Å². The molecule has 0 aliphatic heterocycles. The lowest BCUT2D eigenvalue weighted by atomic mass is 10.0. The van der Waals surface area contributed by atoms with E-state index in [-0.39, 0.29) is 12.4 Å². The third-order valence-corrected chi connectivity index (χ3v) is 4.27. The fourth-order valence-electron chi connectivity index (χ4n) is 2.90. The minimum Gasteiger partial charge on any atom is -0.369 e. The van der Waals surface area contributed by atoms with E-state index in [4.69, 9.17) is 5.73 Å². The molecule has 3 aromatic carbocycles. The zero-order valence-corrected chi connectivity index (χ0v) is 15.6. The Balaban J connectivity index is 0.00000225. The molecule has 0 bridgehead atoms. The Morgan fingerprint density at radius 3 is 2.32 bits per heavy atom. The Morgan fingerprint density at radius 2 is 1.56 bits per heavy atom. The van der Waals surface area contributed by atoms with Crippen molar-refractivity contribution in [3.63, 3.8) is 0 Å². The molecule has 25 heavy (non-hydrogen) atoms. The first kappa shape index (κ1) is 18.8. The predicted molar refractivity (Wildman–Crippen MR) is 111 cm³/mol. The van der Waals surface area contributed by atoms with Crippen LogP contribution in [-0.4, -0.2) is 13.0 Å². The standard InChI is InChI=1S/C21H23N3.ClH/c1-15(2)17-11-6-7-13-19(17)23-21(22)24(3)20-14-8-10-16-9-4-5-12-18(16)20;/h4-15H,1-3H3,(H2,22,23);1H. The van der Waals surface area contributed by atoms with Crippen molar-refractivity contribution in [2.24, 2.45) is 10.7 Å². The number of aliphatic imine (C=N–C) groups is 1. The van der Waals surface area contributed by atoms with E-state index in [1.807, 2.05) is 48.3 Å². The van der Waals surface area contributed by atoms with E-state index in [1.165, 1.54) is 10.9 Å². The summed E-state index contributed by atoms with van der Waals surface area (Å²) >= 11 is 0. The van der Waals surface area contributed by atoms with Gasteiger partial charge in [-0.25, -0.2) is 4.99 Å². The van der Waals surface area contributed by atoms with Gasteiger partial charge in [-0.3, -0.25) is 0 Å². The van der Waals surface area contributed by atoms with Gasteiger partial charge in [-0.1, -0.05) is 68.4 Å². The normalized spacial score (nSPS) is 11.4. The molecule has 0 unspecified atom stereocenters. The van der Waals surface area contributed by atoms with Gasteiger partial charge in [-0.05, 0) is 29.0 Å². The zero-order valence-electron chi connectivity index (χ0n) is 14.8. The van der Waals surface area contributed by atoms with Crippen LogP contribution in [0.1, 0.15) is 25.3 Å². The van der Waals surface area contributed by atoms with E-state index in [1.54, 1.807) is 0 Å². The summed E-state index contributed by atoms with van der Waals surface area (Å²) in [6.45, 7) is 4.33. The van der Waals surface area contributed by atoms with Crippen molar-refractivity contribution in [3.8, 4) is 0 Å². The summed E-state index contributed by atoms with van der Waals surface area (Å²) in [5, 5.41) is 2.36. The van der Waals surface area contributed by atoms with Crippen molar-refractivity contribution in [2.45, 2.75) is 19.8 Å². The Labute approximate surface area is 155 Å². The summed E-state index contributed by atoms with van der Waals surface area (Å²) in [4.78, 5) is 6.63. The molecule has 0 amide bonds. The molecule has 0 heterocycles. The average molecular weight is 354 g/mol. The van der Waals surface area contributed by atoms with Gasteiger partial charge in [-0.2, -0.15) is 0 Å². The Morgan fingerprint density at radius 1 is 0.920 bits per heavy atom. The Kier molecular flexibility index (Phi) is 6.05. The smallest absolute Gasteiger partial charge is 0.200 e. The van der Waals surface area contributed by atoms with Gasteiger partial charge in [0.25, 0.3) is 0 Å². The van der Waals surface area contributed by atoms with Crippen molar-refractivity contribution in [1.82, 2.24) is 0 Å². The molecular formula is C21H24ClN3. The van der Waals surface area contributed by atoms with Crippen LogP contribution in [0.15, 0.2) is 71.7 Å². The van der Waals surface area contributed by atoms with E-state index in [0.717, 1.165) is 16.8 Å². The molecule has 0 saturated carbocycles. The number of hydrogen-bond acceptors (Lipinski definition) is 1. The van der Waals surface area contributed by atoms with Crippen LogP contribution >= 0.6 is 12.4 Å². The monoisotopic (exact) mass is 353 g/mol. The van der Waals surface area contributed by atoms with Gasteiger partial charge >= 0.3 is 0 Å². The summed E-state index contributed by atoms with van der Waals surface area (Å²) in [5.41, 5.74) is 9.50. The number of para-hydroxylation sites is 1. The molecule has 0 spiro atoms. The maximum atomic E-state index is 6.32. The van der Waals surface area contributed by atoms with Crippen LogP contribution in [0.25, 0.3) is 10.8 Å². The second-order valence-corrected chi connectivity index (χ2v) is 6.24. The highest BCUT2D eigenvalue weighted by molar-refractivity contribution is 6.04. The molecule has 0 aromatic heterocycles. The van der Waals surface area contributed by atoms with E-state index < -0.39 is 0 Å². The minimum absolute atomic E-state index is 0. The Bertz CT molecular complexity index is 882. The average Bonchev–Trinajstić information content (AvgIpc) is 2.61. The van der Waals surface area contributed by atoms with Crippen molar-refractivity contribution in [2.75, 3.05) is 11.9 Å². The number of benzene rings is 3. The van der Waals surface area contributed by atoms with Crippen LogP contribution in [0.5, 0.6) is 0 Å². The molecule has 4 heteroatoms. The number of rotatable bonds is 3. The van der Waals surface area contributed by atoms with Crippen molar-refractivity contribution in [3.05, 3.63) is 72.3 Å². The fraction of sp³-hybridized carbons (Fsp3) is 0.190. The van der Waals surface area contributed by atoms with Crippen LogP contribution in [-0.2, 0) is 0 Å². The van der Waals surface area contributed by atoms with Gasteiger partial charge in [0.15, 0.2) is 0 Å². The lowest BCUT2D eigenvalue weighted by Gasteiger charge is -2.21. The number of fused-ring (bicyclic) bond motifs is 1. The Hall–Kier alpha value is -2.52. The van der Waals surface area contributed by atoms with Gasteiger partial charge in [0.05, 0.1) is 11.4 Å². The SMILES string of the molecule is CC(C)c1ccccc1N=C(N)N(C)c1cccc2ccccc12.Cl. The molecule has 130 valence electrons. The van der Waals surface area contributed by atoms with E-state index in [0.29, 0.717) is 11.9 Å². The summed E-state index contributed by atoms with van der Waals surface area (Å²) in [7, 11) is 1.96. The second-order valence-electron chi connectivity index (χ2n) is 6.24. The largest absolute Gasteiger partial charge is 0.369 e. The topological polar surface area (TPSA) is 41.6 Å². The number of anilines is 1. The molecule has 0 atom stereocenters. The maximum Gasteiger partial charge on any atom is 0.200 e. The molecular weight excluding hydrogens is 330 g/mol. The molecule has 2 N–H and O–H groups in total. The molecule has 0 aliphatic rings. The van der Waals surface area contributed by atoms with Crippen LogP contribution in [0, 0.1) is 0 Å². The number of guanidine groups is 1. The molecule has 0 saturated heterocycles. The number of nitrogens with zero attached hydrogens (tertiary/aromatic N) is 2. The first-order valence-corrected chi connectivity index (χ1v) is 8.22. The number of halogens is 1. The molecule has 0 fully saturated rings. The van der Waals surface area contributed by atoms with E-state index in [2.05, 4.69) is 49.2 Å². The van der Waals surface area contributed by atoms with Gasteiger partial charge in [-0.15, -0.1) is 12.4 Å². The highest BCUT2D eigenvalue weighted by Crippen LogP contribution is 2.28. The molecule has 3 rings (SSSR count). The van der Waals surface area contributed by atoms with Gasteiger partial charge in [0.2, 0.25) is 5.96 Å². The van der Waals surface area contributed by atoms with E-state index >= 15 is 0 Å². The second kappa shape index (κ2) is 8.04. The fourth-order valence-corrected chi connectivity index (χ4v) is 2.90. The summed E-state index contributed by atoms with van der Waals surface area (Å²) in [6, 6.07) is 22.7. The first-order valence-electron chi connectivity index (χ1n) is 8.22. The highest BCUT2D eigenvalue weighted by atomic mass is 35.5. The van der Waals surface area contributed by atoms with Crippen molar-refractivity contribution >= 4 is 40.5 Å². The lowest BCUT2D eigenvalue weighted by molar-refractivity contribution is 0.866. The molecule has 0 aliphatic carbocycles. The summed E-state index contributed by atoms with van der Waals surface area (Å²) in [5.74, 6) is 0.889. The number of hydrogen-bond donors (Lipinski definition) is 1. The van der Waals surface area contributed by atoms with Crippen molar-refractivity contribution in [1.29, 1.82) is 0 Å². The number of nitrogens with two attached hydrogens (primary N) is 1. The molecule has 3 aromatic rings. The maximum absolute atomic E-state index is 6.32. The van der Waals surface area contributed by atoms with Crippen LogP contribution in [0.3, 0.4) is 0 Å². The molecule has 0 radical (unpaired) electrons. The van der Waals surface area contributed by atoms with Crippen LogP contribution < -0.4 is 10.6 Å². The quantitative estimate of drug-likeness (QED) is 0.501. The third kappa shape index (κ3) is 3.94. The predicted octanol–water partition coefficient (Wildman–Crippen LogP) is 5.47. The zero-order chi connectivity index (χ0) is 17.1. The van der Waals surface area contributed by atoms with E-state index in [9.17, 15) is 0 Å². The highest BCUT2D eigenvalue weighted by Gasteiger charge is 2.11. The van der Waals surface area contributed by atoms with Crippen molar-refractivity contribution < 1.29 is 0 Å². The minimum atomic E-state index is 0. The van der Waals surface area contributed by atoms with Crippen LogP contribution in [0.4, 0.5) is 11.4 Å². The van der Waals surface area contributed by atoms with Gasteiger partial charge in [0.1, 0.15) is 0 Å². The third-order valence-electron chi connectivity index (χ3n) is 4.27.